The monoisotopic (exact) mass is 288 g/mol. The zero-order valence-electron chi connectivity index (χ0n) is 9.39. The molecule has 0 aromatic heterocycles. The summed E-state index contributed by atoms with van der Waals surface area (Å²) in [5.41, 5.74) is 0.495. The number of rotatable bonds is 5. The van der Waals surface area contributed by atoms with Crippen LogP contribution in [0.2, 0.25) is 5.02 Å². The Bertz CT molecular complexity index is 442. The van der Waals surface area contributed by atoms with Gasteiger partial charge < -0.3 is 15.7 Å². The fraction of sp³-hybridized carbons (Fsp3) is 0.273. The average Bonchev–Trinajstić information content (AvgIpc) is 2.28. The standard InChI is InChI=1S/C11H13ClN2O3S/c12-7-2-1-3-8(6-7)13-11(17)14-9(4-5-18)10(15)16/h1-3,6,9,18H,4-5H2,(H,15,16)(H2,13,14,17). The number of urea groups is 1. The lowest BCUT2D eigenvalue weighted by atomic mass is 10.2. The molecule has 5 nitrogen and oxygen atoms in total. The number of halogens is 1. The van der Waals surface area contributed by atoms with Crippen molar-refractivity contribution in [1.29, 1.82) is 0 Å². The van der Waals surface area contributed by atoms with Crippen LogP contribution in [-0.2, 0) is 4.79 Å². The van der Waals surface area contributed by atoms with Crippen LogP contribution >= 0.6 is 24.2 Å². The smallest absolute Gasteiger partial charge is 0.326 e. The van der Waals surface area contributed by atoms with Gasteiger partial charge in [-0.15, -0.1) is 0 Å². The summed E-state index contributed by atoms with van der Waals surface area (Å²) in [5.74, 6) is -0.723. The van der Waals surface area contributed by atoms with Gasteiger partial charge in [-0.1, -0.05) is 17.7 Å². The fourth-order valence-electron chi connectivity index (χ4n) is 1.28. The van der Waals surface area contributed by atoms with Crippen LogP contribution in [0.15, 0.2) is 24.3 Å². The Balaban J connectivity index is 2.57. The number of hydrogen-bond acceptors (Lipinski definition) is 3. The normalized spacial score (nSPS) is 11.7. The number of carbonyl (C=O) groups excluding carboxylic acids is 1. The number of carboxylic acid groups (broad SMARTS) is 1. The molecule has 0 bridgehead atoms. The molecule has 0 saturated carbocycles. The fourth-order valence-corrected chi connectivity index (χ4v) is 1.73. The van der Waals surface area contributed by atoms with Crippen LogP contribution in [0.4, 0.5) is 10.5 Å². The summed E-state index contributed by atoms with van der Waals surface area (Å²) >= 11 is 9.70. The molecule has 1 aromatic carbocycles. The van der Waals surface area contributed by atoms with Crippen molar-refractivity contribution in [2.45, 2.75) is 12.5 Å². The number of aliphatic carboxylic acids is 1. The molecule has 0 heterocycles. The van der Waals surface area contributed by atoms with Crippen LogP contribution < -0.4 is 10.6 Å². The van der Waals surface area contributed by atoms with E-state index in [1.54, 1.807) is 24.3 Å². The van der Waals surface area contributed by atoms with Gasteiger partial charge in [-0.3, -0.25) is 0 Å². The second-order valence-electron chi connectivity index (χ2n) is 3.51. The van der Waals surface area contributed by atoms with Crippen LogP contribution in [0.25, 0.3) is 0 Å². The van der Waals surface area contributed by atoms with E-state index in [2.05, 4.69) is 23.3 Å². The van der Waals surface area contributed by atoms with Gasteiger partial charge in [0.1, 0.15) is 6.04 Å². The molecule has 1 aromatic rings. The Morgan fingerprint density at radius 2 is 2.17 bits per heavy atom. The van der Waals surface area contributed by atoms with E-state index in [0.29, 0.717) is 16.5 Å². The van der Waals surface area contributed by atoms with Gasteiger partial charge in [0.2, 0.25) is 0 Å². The summed E-state index contributed by atoms with van der Waals surface area (Å²) in [5, 5.41) is 14.2. The van der Waals surface area contributed by atoms with Gasteiger partial charge in [0.15, 0.2) is 0 Å². The number of anilines is 1. The molecule has 2 amide bonds. The number of amides is 2. The molecule has 18 heavy (non-hydrogen) atoms. The zero-order valence-corrected chi connectivity index (χ0v) is 11.0. The Kier molecular flexibility index (Phi) is 5.80. The second-order valence-corrected chi connectivity index (χ2v) is 4.40. The largest absolute Gasteiger partial charge is 0.480 e. The molecular weight excluding hydrogens is 276 g/mol. The van der Waals surface area contributed by atoms with Crippen LogP contribution in [0.1, 0.15) is 6.42 Å². The number of carbonyl (C=O) groups is 2. The molecule has 0 spiro atoms. The molecule has 0 saturated heterocycles. The van der Waals surface area contributed by atoms with Gasteiger partial charge in [-0.25, -0.2) is 9.59 Å². The highest BCUT2D eigenvalue weighted by atomic mass is 35.5. The summed E-state index contributed by atoms with van der Waals surface area (Å²) in [6.45, 7) is 0. The van der Waals surface area contributed by atoms with Crippen molar-refractivity contribution in [1.82, 2.24) is 5.32 Å². The van der Waals surface area contributed by atoms with Gasteiger partial charge in [-0.05, 0) is 30.4 Å². The van der Waals surface area contributed by atoms with Gasteiger partial charge in [0.25, 0.3) is 0 Å². The third kappa shape index (κ3) is 4.85. The van der Waals surface area contributed by atoms with E-state index in [-0.39, 0.29) is 6.42 Å². The minimum absolute atomic E-state index is 0.251. The number of carboxylic acids is 1. The van der Waals surface area contributed by atoms with E-state index in [1.807, 2.05) is 0 Å². The molecule has 1 rings (SSSR count). The third-order valence-electron chi connectivity index (χ3n) is 2.10. The molecule has 1 atom stereocenters. The molecule has 0 aliphatic carbocycles. The highest BCUT2D eigenvalue weighted by molar-refractivity contribution is 7.80. The Labute approximate surface area is 115 Å². The predicted octanol–water partition coefficient (Wildman–Crippen LogP) is 2.23. The Hall–Kier alpha value is -1.40. The van der Waals surface area contributed by atoms with Crippen LogP contribution in [0.5, 0.6) is 0 Å². The van der Waals surface area contributed by atoms with E-state index >= 15 is 0 Å². The highest BCUT2D eigenvalue weighted by Gasteiger charge is 2.18. The molecule has 3 N–H and O–H groups in total. The average molecular weight is 289 g/mol. The first-order valence-electron chi connectivity index (χ1n) is 5.19. The zero-order chi connectivity index (χ0) is 13.5. The number of thiol groups is 1. The molecule has 0 aliphatic heterocycles. The summed E-state index contributed by atoms with van der Waals surface area (Å²) in [7, 11) is 0. The van der Waals surface area contributed by atoms with Crippen LogP contribution in [0.3, 0.4) is 0 Å². The quantitative estimate of drug-likeness (QED) is 0.628. The first kappa shape index (κ1) is 14.7. The SMILES string of the molecule is O=C(Nc1cccc(Cl)c1)NC(CCS)C(=O)O. The molecule has 0 fully saturated rings. The number of benzene rings is 1. The van der Waals surface area contributed by atoms with Crippen molar-refractivity contribution in [2.24, 2.45) is 0 Å². The van der Waals surface area contributed by atoms with Gasteiger partial charge >= 0.3 is 12.0 Å². The van der Waals surface area contributed by atoms with Crippen molar-refractivity contribution in [2.75, 3.05) is 11.1 Å². The maximum atomic E-state index is 11.6. The maximum Gasteiger partial charge on any atom is 0.326 e. The van der Waals surface area contributed by atoms with E-state index in [0.717, 1.165) is 0 Å². The van der Waals surface area contributed by atoms with Crippen molar-refractivity contribution in [3.8, 4) is 0 Å². The van der Waals surface area contributed by atoms with E-state index in [9.17, 15) is 9.59 Å². The minimum atomic E-state index is -1.09. The molecular formula is C11H13ClN2O3S. The first-order valence-corrected chi connectivity index (χ1v) is 6.20. The van der Waals surface area contributed by atoms with Crippen LogP contribution in [-0.4, -0.2) is 28.9 Å². The lowest BCUT2D eigenvalue weighted by Gasteiger charge is -2.14. The topological polar surface area (TPSA) is 78.4 Å². The highest BCUT2D eigenvalue weighted by Crippen LogP contribution is 2.14. The molecule has 0 radical (unpaired) electrons. The lowest BCUT2D eigenvalue weighted by Crippen LogP contribution is -2.43. The van der Waals surface area contributed by atoms with Crippen molar-refractivity contribution in [3.63, 3.8) is 0 Å². The third-order valence-corrected chi connectivity index (χ3v) is 2.60. The first-order chi connectivity index (χ1) is 8.52. The van der Waals surface area contributed by atoms with E-state index < -0.39 is 18.0 Å². The molecule has 1 unspecified atom stereocenters. The van der Waals surface area contributed by atoms with Crippen LogP contribution in [0, 0.1) is 0 Å². The molecule has 7 heteroatoms. The maximum absolute atomic E-state index is 11.6. The van der Waals surface area contributed by atoms with Gasteiger partial charge in [0, 0.05) is 10.7 Å². The van der Waals surface area contributed by atoms with Crippen molar-refractivity contribution in [3.05, 3.63) is 29.3 Å². The predicted molar refractivity (Wildman–Crippen MR) is 73.5 cm³/mol. The molecule has 98 valence electrons. The summed E-state index contributed by atoms with van der Waals surface area (Å²) in [6, 6.07) is 5.02. The number of nitrogens with one attached hydrogen (secondary N) is 2. The van der Waals surface area contributed by atoms with Gasteiger partial charge in [0.05, 0.1) is 0 Å². The van der Waals surface area contributed by atoms with Gasteiger partial charge in [-0.2, -0.15) is 12.6 Å². The van der Waals surface area contributed by atoms with Crippen molar-refractivity contribution < 1.29 is 14.7 Å². The lowest BCUT2D eigenvalue weighted by molar-refractivity contribution is -0.139. The number of hydrogen-bond donors (Lipinski definition) is 4. The van der Waals surface area contributed by atoms with E-state index in [1.165, 1.54) is 0 Å². The Morgan fingerprint density at radius 1 is 1.44 bits per heavy atom. The van der Waals surface area contributed by atoms with Crippen molar-refractivity contribution >= 4 is 41.9 Å². The second kappa shape index (κ2) is 7.13. The van der Waals surface area contributed by atoms with E-state index in [4.69, 9.17) is 16.7 Å². The summed E-state index contributed by atoms with van der Waals surface area (Å²) < 4.78 is 0. The molecule has 0 aliphatic rings. The minimum Gasteiger partial charge on any atom is -0.480 e. The Morgan fingerprint density at radius 3 is 2.72 bits per heavy atom. The summed E-state index contributed by atoms with van der Waals surface area (Å²) in [6.07, 6.45) is 0.251. The summed E-state index contributed by atoms with van der Waals surface area (Å²) in [4.78, 5) is 22.4.